The Morgan fingerprint density at radius 2 is 2.32 bits per heavy atom. The van der Waals surface area contributed by atoms with Crippen LogP contribution in [0.25, 0.3) is 0 Å². The predicted molar refractivity (Wildman–Crippen MR) is 76.8 cm³/mol. The van der Waals surface area contributed by atoms with Gasteiger partial charge in [-0.15, -0.1) is 0 Å². The highest BCUT2D eigenvalue weighted by Gasteiger charge is 2.31. The van der Waals surface area contributed by atoms with Gasteiger partial charge in [-0.3, -0.25) is 0 Å². The van der Waals surface area contributed by atoms with E-state index in [1.807, 2.05) is 13.8 Å². The highest BCUT2D eigenvalue weighted by atomic mass is 32.2. The van der Waals surface area contributed by atoms with Crippen molar-refractivity contribution < 1.29 is 12.8 Å². The first-order chi connectivity index (χ1) is 9.04. The first-order valence-corrected chi connectivity index (χ1v) is 8.94. The Bertz CT molecular complexity index is 513. The summed E-state index contributed by atoms with van der Waals surface area (Å²) in [5.41, 5.74) is 0. The minimum atomic E-state index is -3.47. The molecule has 2 rings (SSSR count). The van der Waals surface area contributed by atoms with Crippen LogP contribution in [0.2, 0.25) is 0 Å². The van der Waals surface area contributed by atoms with Crippen LogP contribution in [-0.2, 0) is 16.6 Å². The fraction of sp³-hybridized carbons (Fsp3) is 0.667. The van der Waals surface area contributed by atoms with Crippen molar-refractivity contribution in [3.63, 3.8) is 0 Å². The van der Waals surface area contributed by atoms with E-state index in [-0.39, 0.29) is 5.09 Å². The maximum Gasteiger partial charge on any atom is 0.276 e. The molecule has 0 amide bonds. The van der Waals surface area contributed by atoms with Crippen LogP contribution in [0.15, 0.2) is 21.6 Å². The molecule has 1 fully saturated rings. The van der Waals surface area contributed by atoms with Gasteiger partial charge in [0.2, 0.25) is 5.09 Å². The van der Waals surface area contributed by atoms with Crippen molar-refractivity contribution in [3.8, 4) is 0 Å². The molecule has 1 unspecified atom stereocenters. The normalized spacial score (nSPS) is 21.7. The first kappa shape index (κ1) is 14.9. The number of rotatable bonds is 5. The summed E-state index contributed by atoms with van der Waals surface area (Å²) in [4.78, 5) is 0. The summed E-state index contributed by atoms with van der Waals surface area (Å²) in [5.74, 6) is 1.49. The van der Waals surface area contributed by atoms with Crippen molar-refractivity contribution in [2.24, 2.45) is 0 Å². The number of furan rings is 1. The molecule has 0 spiro atoms. The molecule has 0 radical (unpaired) electrons. The molecule has 1 aliphatic rings. The first-order valence-electron chi connectivity index (χ1n) is 6.45. The summed E-state index contributed by atoms with van der Waals surface area (Å²) in [7, 11) is -3.47. The standard InChI is InChI=1S/C12H20N2O3S2/c1-3-13-8-11-4-5-12(17-11)19(15,16)14-6-7-18-10(2)9-14/h4-5,10,13H,3,6-9H2,1-2H3. The average molecular weight is 304 g/mol. The maximum atomic E-state index is 12.4. The summed E-state index contributed by atoms with van der Waals surface area (Å²) < 4.78 is 31.8. The van der Waals surface area contributed by atoms with Gasteiger partial charge in [-0.2, -0.15) is 16.1 Å². The molecule has 0 saturated carbocycles. The number of nitrogens with one attached hydrogen (secondary N) is 1. The third-order valence-corrected chi connectivity index (χ3v) is 5.86. The Hall–Kier alpha value is -0.500. The second-order valence-corrected chi connectivity index (χ2v) is 7.96. The molecule has 1 aromatic rings. The van der Waals surface area contributed by atoms with E-state index in [0.717, 1.165) is 12.3 Å². The number of sulfonamides is 1. The molecule has 1 aromatic heterocycles. The van der Waals surface area contributed by atoms with E-state index in [2.05, 4.69) is 5.32 Å². The van der Waals surface area contributed by atoms with Crippen molar-refractivity contribution in [2.75, 3.05) is 25.4 Å². The minimum absolute atomic E-state index is 0.0551. The van der Waals surface area contributed by atoms with Crippen molar-refractivity contribution >= 4 is 21.8 Å². The van der Waals surface area contributed by atoms with E-state index in [0.29, 0.717) is 30.6 Å². The van der Waals surface area contributed by atoms with E-state index in [9.17, 15) is 8.42 Å². The van der Waals surface area contributed by atoms with Crippen molar-refractivity contribution in [2.45, 2.75) is 30.7 Å². The number of nitrogens with zero attached hydrogens (tertiary/aromatic N) is 1. The lowest BCUT2D eigenvalue weighted by Crippen LogP contribution is -2.40. The van der Waals surface area contributed by atoms with Crippen molar-refractivity contribution in [3.05, 3.63) is 17.9 Å². The molecule has 0 aliphatic carbocycles. The van der Waals surface area contributed by atoms with E-state index in [1.54, 1.807) is 23.9 Å². The number of hydrogen-bond acceptors (Lipinski definition) is 5. The lowest BCUT2D eigenvalue weighted by Gasteiger charge is -2.28. The smallest absolute Gasteiger partial charge is 0.276 e. The summed E-state index contributed by atoms with van der Waals surface area (Å²) in [6.45, 7) is 6.53. The van der Waals surface area contributed by atoms with Crippen molar-refractivity contribution in [1.82, 2.24) is 9.62 Å². The Morgan fingerprint density at radius 3 is 3.00 bits per heavy atom. The second kappa shape index (κ2) is 6.30. The molecule has 108 valence electrons. The molecule has 1 aliphatic heterocycles. The topological polar surface area (TPSA) is 62.6 Å². The van der Waals surface area contributed by atoms with Crippen LogP contribution in [0, 0.1) is 0 Å². The van der Waals surface area contributed by atoms with Crippen LogP contribution in [0.3, 0.4) is 0 Å². The fourth-order valence-corrected chi connectivity index (χ4v) is 4.65. The Balaban J connectivity index is 2.12. The minimum Gasteiger partial charge on any atom is -0.447 e. The molecular weight excluding hydrogens is 284 g/mol. The summed E-state index contributed by atoms with van der Waals surface area (Å²) in [6.07, 6.45) is 0. The molecule has 1 saturated heterocycles. The zero-order valence-corrected chi connectivity index (χ0v) is 12.9. The molecule has 1 atom stereocenters. The molecule has 7 heteroatoms. The van der Waals surface area contributed by atoms with Gasteiger partial charge in [0.15, 0.2) is 0 Å². The molecule has 1 N–H and O–H groups in total. The SMILES string of the molecule is CCNCc1ccc(S(=O)(=O)N2CCSC(C)C2)o1. The van der Waals surface area contributed by atoms with Gasteiger partial charge in [0.05, 0.1) is 6.54 Å². The monoisotopic (exact) mass is 304 g/mol. The third-order valence-electron chi connectivity index (χ3n) is 2.98. The fourth-order valence-electron chi connectivity index (χ4n) is 1.97. The van der Waals surface area contributed by atoms with Crippen LogP contribution >= 0.6 is 11.8 Å². The summed E-state index contributed by atoms with van der Waals surface area (Å²) in [6, 6.07) is 3.27. The van der Waals surface area contributed by atoms with E-state index in [4.69, 9.17) is 4.42 Å². The largest absolute Gasteiger partial charge is 0.447 e. The van der Waals surface area contributed by atoms with Crippen molar-refractivity contribution in [1.29, 1.82) is 0 Å². The molecular formula is C12H20N2O3S2. The van der Waals surface area contributed by atoms with E-state index >= 15 is 0 Å². The van der Waals surface area contributed by atoms with E-state index in [1.165, 1.54) is 4.31 Å². The van der Waals surface area contributed by atoms with Gasteiger partial charge >= 0.3 is 0 Å². The van der Waals surface area contributed by atoms with Gasteiger partial charge < -0.3 is 9.73 Å². The quantitative estimate of drug-likeness (QED) is 0.893. The molecule has 0 bridgehead atoms. The second-order valence-electron chi connectivity index (χ2n) is 4.55. The Labute approximate surface area is 118 Å². The molecule has 19 heavy (non-hydrogen) atoms. The lowest BCUT2D eigenvalue weighted by molar-refractivity contribution is 0.368. The number of thioether (sulfide) groups is 1. The molecule has 2 heterocycles. The van der Waals surface area contributed by atoms with Crippen LogP contribution in [0.1, 0.15) is 19.6 Å². The third kappa shape index (κ3) is 3.53. The lowest BCUT2D eigenvalue weighted by atomic mass is 10.4. The Kier molecular flexibility index (Phi) is 4.94. The van der Waals surface area contributed by atoms with Gasteiger partial charge in [0, 0.05) is 24.1 Å². The maximum absolute atomic E-state index is 12.4. The predicted octanol–water partition coefficient (Wildman–Crippen LogP) is 1.52. The Morgan fingerprint density at radius 1 is 1.53 bits per heavy atom. The highest BCUT2D eigenvalue weighted by Crippen LogP contribution is 2.25. The van der Waals surface area contributed by atoms with Crippen LogP contribution in [-0.4, -0.2) is 43.4 Å². The number of hydrogen-bond donors (Lipinski definition) is 1. The van der Waals surface area contributed by atoms with Crippen LogP contribution in [0.5, 0.6) is 0 Å². The van der Waals surface area contributed by atoms with Crippen LogP contribution in [0.4, 0.5) is 0 Å². The molecule has 5 nitrogen and oxygen atoms in total. The van der Waals surface area contributed by atoms with E-state index < -0.39 is 10.0 Å². The van der Waals surface area contributed by atoms with Gasteiger partial charge in [-0.1, -0.05) is 13.8 Å². The van der Waals surface area contributed by atoms with Gasteiger partial charge in [-0.05, 0) is 18.7 Å². The molecule has 0 aromatic carbocycles. The highest BCUT2D eigenvalue weighted by molar-refractivity contribution is 8.00. The average Bonchev–Trinajstić information content (AvgIpc) is 2.86. The summed E-state index contributed by atoms with van der Waals surface area (Å²) in [5, 5.41) is 3.50. The van der Waals surface area contributed by atoms with Gasteiger partial charge in [0.25, 0.3) is 10.0 Å². The zero-order valence-electron chi connectivity index (χ0n) is 11.3. The summed E-state index contributed by atoms with van der Waals surface area (Å²) >= 11 is 1.80. The zero-order chi connectivity index (χ0) is 13.9. The van der Waals surface area contributed by atoms with Crippen LogP contribution < -0.4 is 5.32 Å². The van der Waals surface area contributed by atoms with Gasteiger partial charge in [-0.25, -0.2) is 8.42 Å². The van der Waals surface area contributed by atoms with Gasteiger partial charge in [0.1, 0.15) is 5.76 Å².